The molecule has 0 unspecified atom stereocenters. The summed E-state index contributed by atoms with van der Waals surface area (Å²) in [5.74, 6) is -2.91. The van der Waals surface area contributed by atoms with Gasteiger partial charge in [0.25, 0.3) is 11.4 Å². The zero-order valence-corrected chi connectivity index (χ0v) is 32.5. The Hall–Kier alpha value is -4.82. The standard InChI is InChI=1S/C28H18N8O13S2.2Na/c37-23-13-24(38)21(12-20(23)31-29-15-1-5-17(6-2-15)35(40)41)32-33-22-11-19(50(44,45)46)9-14-10-25(51(47,48)49)27(28(39)26(14)22)34-30-16-3-7-18(8-4-16)36(42)43;;/h1-13,29-30,38H,(H,44,45,46)(H,47,48,49);;/q;2*+1/p-2/b31-20-,33-32?,34-27+;;. The molecule has 53 heavy (non-hydrogen) atoms. The third-order valence-electron chi connectivity index (χ3n) is 6.72. The second-order valence-electron chi connectivity index (χ2n) is 10.1. The molecule has 0 spiro atoms. The van der Waals surface area contributed by atoms with Crippen LogP contribution in [0.1, 0.15) is 15.9 Å². The van der Waals surface area contributed by atoms with Crippen molar-refractivity contribution in [1.82, 2.24) is 0 Å². The van der Waals surface area contributed by atoms with Gasteiger partial charge in [0.2, 0.25) is 11.6 Å². The third kappa shape index (κ3) is 9.99. The number of hydrogen-bond acceptors (Lipinski definition) is 19. The number of rotatable bonds is 10. The van der Waals surface area contributed by atoms with E-state index in [0.717, 1.165) is 42.5 Å². The number of hydrazone groups is 2. The van der Waals surface area contributed by atoms with E-state index in [1.54, 1.807) is 0 Å². The van der Waals surface area contributed by atoms with Gasteiger partial charge in [0.05, 0.1) is 42.3 Å². The predicted octanol–water partition coefficient (Wildman–Crippen LogP) is -2.57. The van der Waals surface area contributed by atoms with Crippen molar-refractivity contribution in [2.45, 2.75) is 4.90 Å². The SMILES string of the molecule is O=C1C=C(O)C(N=Nc2cc(S(=O)(=O)[O-])cc3c2C(=O)/C(=N/Nc2ccc([N+](=O)[O-])cc2)C(S(=O)(=O)[O-])=C3)=C/C1=N/Nc1ccc([N+](=O)[O-])cc1.[Na+].[Na+]. The van der Waals surface area contributed by atoms with Gasteiger partial charge in [0.15, 0.2) is 0 Å². The average molecular weight is 783 g/mol. The smallest absolute Gasteiger partial charge is 0.744 e. The van der Waals surface area contributed by atoms with Crippen molar-refractivity contribution in [1.29, 1.82) is 0 Å². The number of anilines is 2. The van der Waals surface area contributed by atoms with Gasteiger partial charge in [-0.15, -0.1) is 10.2 Å². The summed E-state index contributed by atoms with van der Waals surface area (Å²) in [6.45, 7) is 0. The van der Waals surface area contributed by atoms with Crippen molar-refractivity contribution in [2.24, 2.45) is 20.4 Å². The molecule has 25 heteroatoms. The Bertz CT molecular complexity index is 2460. The third-order valence-corrected chi connectivity index (χ3v) is 8.38. The van der Waals surface area contributed by atoms with E-state index in [9.17, 15) is 60.9 Å². The molecule has 5 rings (SSSR count). The fourth-order valence-corrected chi connectivity index (χ4v) is 5.50. The molecule has 0 fully saturated rings. The molecule has 3 aromatic carbocycles. The van der Waals surface area contributed by atoms with Gasteiger partial charge >= 0.3 is 59.1 Å². The van der Waals surface area contributed by atoms with Crippen molar-refractivity contribution < 1.29 is 110 Å². The van der Waals surface area contributed by atoms with Gasteiger partial charge in [-0.05, 0) is 48.0 Å². The van der Waals surface area contributed by atoms with Crippen molar-refractivity contribution in [2.75, 3.05) is 10.9 Å². The molecule has 0 atom stereocenters. The Morgan fingerprint density at radius 3 is 1.72 bits per heavy atom. The van der Waals surface area contributed by atoms with Crippen molar-refractivity contribution in [3.8, 4) is 0 Å². The molecule has 0 aliphatic heterocycles. The number of ketones is 2. The van der Waals surface area contributed by atoms with Crippen LogP contribution in [0, 0.1) is 20.2 Å². The number of hydrogen-bond donors (Lipinski definition) is 3. The van der Waals surface area contributed by atoms with Gasteiger partial charge in [0, 0.05) is 36.4 Å². The molecule has 0 saturated heterocycles. The largest absolute Gasteiger partial charge is 1.00 e. The number of fused-ring (bicyclic) bond motifs is 1. The Morgan fingerprint density at radius 1 is 0.698 bits per heavy atom. The van der Waals surface area contributed by atoms with E-state index in [1.165, 1.54) is 12.1 Å². The Labute approximate surface area is 341 Å². The maximum Gasteiger partial charge on any atom is 1.00 e. The predicted molar refractivity (Wildman–Crippen MR) is 173 cm³/mol. The second-order valence-corrected chi connectivity index (χ2v) is 12.8. The van der Waals surface area contributed by atoms with Gasteiger partial charge in [-0.2, -0.15) is 10.2 Å². The number of allylic oxidation sites excluding steroid dienone is 3. The monoisotopic (exact) mass is 782 g/mol. The maximum atomic E-state index is 13.7. The maximum absolute atomic E-state index is 13.7. The van der Waals surface area contributed by atoms with Crippen LogP contribution in [0.4, 0.5) is 28.4 Å². The van der Waals surface area contributed by atoms with Crippen LogP contribution < -0.4 is 70.0 Å². The van der Waals surface area contributed by atoms with E-state index in [1.807, 2.05) is 0 Å². The molecule has 21 nitrogen and oxygen atoms in total. The van der Waals surface area contributed by atoms with Crippen LogP contribution in [0.5, 0.6) is 0 Å². The van der Waals surface area contributed by atoms with Gasteiger partial charge in [-0.25, -0.2) is 16.8 Å². The van der Waals surface area contributed by atoms with Gasteiger partial charge in [-0.3, -0.25) is 40.7 Å². The zero-order chi connectivity index (χ0) is 37.2. The van der Waals surface area contributed by atoms with E-state index in [4.69, 9.17) is 0 Å². The second kappa shape index (κ2) is 16.9. The van der Waals surface area contributed by atoms with Crippen LogP contribution >= 0.6 is 0 Å². The van der Waals surface area contributed by atoms with E-state index in [-0.39, 0.29) is 87.6 Å². The van der Waals surface area contributed by atoms with Crippen LogP contribution in [-0.4, -0.2) is 63.9 Å². The molecule has 0 bridgehead atoms. The number of nitro benzene ring substituents is 2. The Balaban J connectivity index is 0.00000378. The molecule has 0 aromatic heterocycles. The number of Topliss-reactive ketones (excluding diaryl/α,β-unsaturated/α-hetero) is 1. The molecule has 0 amide bonds. The molecule has 0 saturated carbocycles. The number of benzene rings is 3. The van der Waals surface area contributed by atoms with Crippen LogP contribution in [0.2, 0.25) is 0 Å². The molecule has 3 aromatic rings. The molecule has 2 aliphatic rings. The normalized spacial score (nSPS) is 15.8. The average Bonchev–Trinajstić information content (AvgIpc) is 3.06. The first-order valence-corrected chi connectivity index (χ1v) is 16.4. The topological polar surface area (TPSA) is 329 Å². The minimum Gasteiger partial charge on any atom is -0.744 e. The number of carbonyl (C=O) groups is 2. The van der Waals surface area contributed by atoms with Gasteiger partial charge in [-0.1, -0.05) is 0 Å². The van der Waals surface area contributed by atoms with E-state index < -0.39 is 85.4 Å². The van der Waals surface area contributed by atoms with Gasteiger partial charge < -0.3 is 14.2 Å². The van der Waals surface area contributed by atoms with Crippen LogP contribution in [0.3, 0.4) is 0 Å². The fourth-order valence-electron chi connectivity index (χ4n) is 4.33. The number of aliphatic hydroxyl groups is 1. The summed E-state index contributed by atoms with van der Waals surface area (Å²) >= 11 is 0. The molecule has 2 aliphatic carbocycles. The van der Waals surface area contributed by atoms with E-state index in [2.05, 4.69) is 31.3 Å². The Kier molecular flexibility index (Phi) is 13.6. The number of carbonyl (C=O) groups excluding carboxylic acids is 2. The minimum absolute atomic E-state index is 0. The first-order chi connectivity index (χ1) is 23.9. The number of nitrogens with zero attached hydrogens (tertiary/aromatic N) is 6. The fraction of sp³-hybridized carbons (Fsp3) is 0. The molecule has 0 radical (unpaired) electrons. The first kappa shape index (κ1) is 42.6. The summed E-state index contributed by atoms with van der Waals surface area (Å²) in [5, 5.41) is 47.2. The van der Waals surface area contributed by atoms with Crippen LogP contribution in [-0.2, 0) is 25.0 Å². The number of non-ortho nitro benzene ring substituents is 2. The first-order valence-electron chi connectivity index (χ1n) is 13.5. The summed E-state index contributed by atoms with van der Waals surface area (Å²) in [4.78, 5) is 44.4. The quantitative estimate of drug-likeness (QED) is 0.0475. The summed E-state index contributed by atoms with van der Waals surface area (Å²) in [5.41, 5.74) is 0.821. The molecule has 260 valence electrons. The van der Waals surface area contributed by atoms with E-state index >= 15 is 0 Å². The summed E-state index contributed by atoms with van der Waals surface area (Å²) in [6, 6.07) is 10.6. The van der Waals surface area contributed by atoms with Crippen molar-refractivity contribution in [3.05, 3.63) is 121 Å². The molecule has 0 heterocycles. The summed E-state index contributed by atoms with van der Waals surface area (Å²) in [6.07, 6.45) is 2.19. The van der Waals surface area contributed by atoms with E-state index in [0.29, 0.717) is 24.3 Å². The molecular weight excluding hydrogens is 766 g/mol. The number of azo groups is 1. The van der Waals surface area contributed by atoms with Crippen molar-refractivity contribution >= 4 is 77.7 Å². The zero-order valence-electron chi connectivity index (χ0n) is 26.9. The number of aliphatic hydroxyl groups excluding tert-OH is 1. The molecular formula is C28H16N8Na2O13S2. The summed E-state index contributed by atoms with van der Waals surface area (Å²) < 4.78 is 72.4. The minimum atomic E-state index is -5.50. The number of nitrogens with one attached hydrogen (secondary N) is 2. The van der Waals surface area contributed by atoms with Gasteiger partial charge in [0.1, 0.15) is 43.1 Å². The molecule has 3 N–H and O–H groups in total. The van der Waals surface area contributed by atoms with Crippen LogP contribution in [0.25, 0.3) is 6.08 Å². The Morgan fingerprint density at radius 2 is 1.23 bits per heavy atom. The summed E-state index contributed by atoms with van der Waals surface area (Å²) in [7, 11) is -10.8. The van der Waals surface area contributed by atoms with Crippen LogP contribution in [0.15, 0.2) is 115 Å². The number of nitro groups is 2. The van der Waals surface area contributed by atoms with Crippen molar-refractivity contribution in [3.63, 3.8) is 0 Å².